The fourth-order valence-electron chi connectivity index (χ4n) is 2.45. The van der Waals surface area contributed by atoms with Gasteiger partial charge in [-0.25, -0.2) is 0 Å². The molecule has 1 N–H and O–H groups in total. The highest BCUT2D eigenvalue weighted by molar-refractivity contribution is 5.16. The maximum absolute atomic E-state index is 5.82. The van der Waals surface area contributed by atoms with E-state index in [-0.39, 0.29) is 0 Å². The van der Waals surface area contributed by atoms with Crippen LogP contribution in [0.1, 0.15) is 31.7 Å². The van der Waals surface area contributed by atoms with Crippen LogP contribution in [0.25, 0.3) is 0 Å². The molecule has 0 aromatic heterocycles. The number of rotatable bonds is 6. The average molecular weight is 233 g/mol. The van der Waals surface area contributed by atoms with Crippen molar-refractivity contribution in [1.82, 2.24) is 5.32 Å². The van der Waals surface area contributed by atoms with Crippen LogP contribution >= 0.6 is 0 Å². The second-order valence-corrected chi connectivity index (χ2v) is 4.80. The molecule has 0 radical (unpaired) electrons. The van der Waals surface area contributed by atoms with Gasteiger partial charge in [-0.05, 0) is 37.8 Å². The lowest BCUT2D eigenvalue weighted by Crippen LogP contribution is -2.41. The molecule has 94 valence electrons. The Morgan fingerprint density at radius 2 is 2.18 bits per heavy atom. The Morgan fingerprint density at radius 3 is 2.82 bits per heavy atom. The summed E-state index contributed by atoms with van der Waals surface area (Å²) < 4.78 is 5.82. The van der Waals surface area contributed by atoms with Gasteiger partial charge in [0.15, 0.2) is 0 Å². The van der Waals surface area contributed by atoms with E-state index in [0.29, 0.717) is 12.1 Å². The summed E-state index contributed by atoms with van der Waals surface area (Å²) >= 11 is 0. The SMILES string of the molecule is CCCN[C@@H](Cc1ccccc1)[C@@H]1CCCO1. The Hall–Kier alpha value is -0.860. The van der Waals surface area contributed by atoms with Gasteiger partial charge in [0.2, 0.25) is 0 Å². The van der Waals surface area contributed by atoms with Gasteiger partial charge in [-0.3, -0.25) is 0 Å². The van der Waals surface area contributed by atoms with Crippen LogP contribution in [0.3, 0.4) is 0 Å². The number of nitrogens with one attached hydrogen (secondary N) is 1. The van der Waals surface area contributed by atoms with Crippen molar-refractivity contribution in [2.75, 3.05) is 13.2 Å². The summed E-state index contributed by atoms with van der Waals surface area (Å²) in [6, 6.07) is 11.2. The zero-order chi connectivity index (χ0) is 11.9. The van der Waals surface area contributed by atoms with E-state index < -0.39 is 0 Å². The normalized spacial score (nSPS) is 21.6. The number of hydrogen-bond donors (Lipinski definition) is 1. The zero-order valence-electron chi connectivity index (χ0n) is 10.7. The summed E-state index contributed by atoms with van der Waals surface area (Å²) in [5.41, 5.74) is 1.40. The third-order valence-corrected chi connectivity index (χ3v) is 3.37. The molecular weight excluding hydrogens is 210 g/mol. The van der Waals surface area contributed by atoms with E-state index in [1.54, 1.807) is 0 Å². The molecule has 2 heteroatoms. The van der Waals surface area contributed by atoms with Gasteiger partial charge in [0.25, 0.3) is 0 Å². The Labute approximate surface area is 104 Å². The summed E-state index contributed by atoms with van der Waals surface area (Å²) in [6.45, 7) is 4.23. The Balaban J connectivity index is 1.94. The standard InChI is InChI=1S/C15H23NO/c1-2-10-16-14(15-9-6-11-17-15)12-13-7-4-3-5-8-13/h3-5,7-8,14-16H,2,6,9-12H2,1H3/t14-,15-/m0/s1. The zero-order valence-corrected chi connectivity index (χ0v) is 10.7. The molecule has 0 unspecified atom stereocenters. The van der Waals surface area contributed by atoms with E-state index >= 15 is 0 Å². The fourth-order valence-corrected chi connectivity index (χ4v) is 2.45. The first-order chi connectivity index (χ1) is 8.40. The van der Waals surface area contributed by atoms with Gasteiger partial charge in [0.05, 0.1) is 6.10 Å². The van der Waals surface area contributed by atoms with Crippen molar-refractivity contribution in [3.63, 3.8) is 0 Å². The van der Waals surface area contributed by atoms with E-state index in [0.717, 1.165) is 19.6 Å². The predicted molar refractivity (Wildman–Crippen MR) is 71.2 cm³/mol. The first kappa shape index (κ1) is 12.6. The van der Waals surface area contributed by atoms with Gasteiger partial charge < -0.3 is 10.1 Å². The van der Waals surface area contributed by atoms with Gasteiger partial charge in [-0.2, -0.15) is 0 Å². The van der Waals surface area contributed by atoms with Crippen molar-refractivity contribution < 1.29 is 4.74 Å². The third kappa shape index (κ3) is 3.83. The van der Waals surface area contributed by atoms with E-state index in [1.807, 2.05) is 0 Å². The van der Waals surface area contributed by atoms with Gasteiger partial charge in [-0.15, -0.1) is 0 Å². The third-order valence-electron chi connectivity index (χ3n) is 3.37. The molecular formula is C15H23NO. The van der Waals surface area contributed by atoms with Crippen LogP contribution in [-0.4, -0.2) is 25.3 Å². The van der Waals surface area contributed by atoms with Gasteiger partial charge in [0.1, 0.15) is 0 Å². The summed E-state index contributed by atoms with van der Waals surface area (Å²) in [7, 11) is 0. The van der Waals surface area contributed by atoms with Crippen LogP contribution in [0.4, 0.5) is 0 Å². The number of ether oxygens (including phenoxy) is 1. The van der Waals surface area contributed by atoms with Crippen molar-refractivity contribution in [2.24, 2.45) is 0 Å². The molecule has 0 saturated carbocycles. The monoisotopic (exact) mass is 233 g/mol. The smallest absolute Gasteiger partial charge is 0.0732 e. The average Bonchev–Trinajstić information content (AvgIpc) is 2.89. The highest BCUT2D eigenvalue weighted by Gasteiger charge is 2.25. The van der Waals surface area contributed by atoms with Crippen LogP contribution in [0.5, 0.6) is 0 Å². The molecule has 0 spiro atoms. The van der Waals surface area contributed by atoms with Crippen molar-refractivity contribution in [3.8, 4) is 0 Å². The molecule has 1 saturated heterocycles. The van der Waals surface area contributed by atoms with Gasteiger partial charge in [-0.1, -0.05) is 37.3 Å². The minimum Gasteiger partial charge on any atom is -0.377 e. The lowest BCUT2D eigenvalue weighted by atomic mass is 9.99. The van der Waals surface area contributed by atoms with Crippen molar-refractivity contribution >= 4 is 0 Å². The summed E-state index contributed by atoms with van der Waals surface area (Å²) in [6.07, 6.45) is 5.07. The van der Waals surface area contributed by atoms with Gasteiger partial charge in [0, 0.05) is 12.6 Å². The van der Waals surface area contributed by atoms with Crippen LogP contribution in [0, 0.1) is 0 Å². The van der Waals surface area contributed by atoms with E-state index in [1.165, 1.54) is 24.8 Å². The number of benzene rings is 1. The molecule has 1 aliphatic rings. The second kappa shape index (κ2) is 6.77. The molecule has 0 bridgehead atoms. The summed E-state index contributed by atoms with van der Waals surface area (Å²) in [5.74, 6) is 0. The fraction of sp³-hybridized carbons (Fsp3) is 0.600. The van der Waals surface area contributed by atoms with E-state index in [4.69, 9.17) is 4.74 Å². The molecule has 2 rings (SSSR count). The minimum atomic E-state index is 0.404. The van der Waals surface area contributed by atoms with Crippen molar-refractivity contribution in [3.05, 3.63) is 35.9 Å². The van der Waals surface area contributed by atoms with Crippen molar-refractivity contribution in [2.45, 2.75) is 44.8 Å². The minimum absolute atomic E-state index is 0.404. The highest BCUT2D eigenvalue weighted by atomic mass is 16.5. The lowest BCUT2D eigenvalue weighted by molar-refractivity contribution is 0.0784. The maximum Gasteiger partial charge on any atom is 0.0732 e. The topological polar surface area (TPSA) is 21.3 Å². The Bertz CT molecular complexity index is 306. The van der Waals surface area contributed by atoms with Gasteiger partial charge >= 0.3 is 0 Å². The molecule has 0 aliphatic carbocycles. The second-order valence-electron chi connectivity index (χ2n) is 4.80. The van der Waals surface area contributed by atoms with Crippen molar-refractivity contribution in [1.29, 1.82) is 0 Å². The molecule has 0 amide bonds. The first-order valence-electron chi connectivity index (χ1n) is 6.79. The van der Waals surface area contributed by atoms with Crippen LogP contribution < -0.4 is 5.32 Å². The summed E-state index contributed by atoms with van der Waals surface area (Å²) in [4.78, 5) is 0. The molecule has 1 heterocycles. The van der Waals surface area contributed by atoms with Crippen LogP contribution in [0.15, 0.2) is 30.3 Å². The molecule has 1 aromatic rings. The molecule has 1 aromatic carbocycles. The Kier molecular flexibility index (Phi) is 5.02. The number of hydrogen-bond acceptors (Lipinski definition) is 2. The molecule has 1 aliphatic heterocycles. The maximum atomic E-state index is 5.82. The first-order valence-corrected chi connectivity index (χ1v) is 6.79. The van der Waals surface area contributed by atoms with Crippen LogP contribution in [0.2, 0.25) is 0 Å². The highest BCUT2D eigenvalue weighted by Crippen LogP contribution is 2.18. The van der Waals surface area contributed by atoms with E-state index in [2.05, 4.69) is 42.6 Å². The predicted octanol–water partition coefficient (Wildman–Crippen LogP) is 2.78. The quantitative estimate of drug-likeness (QED) is 0.816. The van der Waals surface area contributed by atoms with Crippen LogP contribution in [-0.2, 0) is 11.2 Å². The molecule has 1 fully saturated rings. The Morgan fingerprint density at radius 1 is 1.35 bits per heavy atom. The molecule has 2 atom stereocenters. The van der Waals surface area contributed by atoms with E-state index in [9.17, 15) is 0 Å². The molecule has 2 nitrogen and oxygen atoms in total. The summed E-state index contributed by atoms with van der Waals surface area (Å²) in [5, 5.41) is 3.63. The molecule has 17 heavy (non-hydrogen) atoms. The largest absolute Gasteiger partial charge is 0.377 e. The lowest BCUT2D eigenvalue weighted by Gasteiger charge is -2.24.